The van der Waals surface area contributed by atoms with Gasteiger partial charge in [0, 0.05) is 31.0 Å². The summed E-state index contributed by atoms with van der Waals surface area (Å²) in [5.41, 5.74) is 3.76. The van der Waals surface area contributed by atoms with Gasteiger partial charge in [0.25, 0.3) is 0 Å². The number of benzene rings is 2. The van der Waals surface area contributed by atoms with Crippen LogP contribution in [-0.2, 0) is 16.1 Å². The topological polar surface area (TPSA) is 70.7 Å². The van der Waals surface area contributed by atoms with Gasteiger partial charge in [-0.2, -0.15) is 0 Å². The van der Waals surface area contributed by atoms with Gasteiger partial charge in [-0.1, -0.05) is 12.1 Å². The van der Waals surface area contributed by atoms with Gasteiger partial charge in [0.1, 0.15) is 12.2 Å². The van der Waals surface area contributed by atoms with Crippen LogP contribution >= 0.6 is 0 Å². The van der Waals surface area contributed by atoms with Crippen molar-refractivity contribution in [1.82, 2.24) is 5.32 Å². The SMILES string of the molecule is CCN(CC)c1ccc(NC(=O)CC(=O)NCc2ccc(OC)cc2)c(C)c1. The molecule has 0 bridgehead atoms. The van der Waals surface area contributed by atoms with Crippen LogP contribution in [-0.4, -0.2) is 32.0 Å². The van der Waals surface area contributed by atoms with Crippen LogP contribution in [0.25, 0.3) is 0 Å². The van der Waals surface area contributed by atoms with E-state index in [4.69, 9.17) is 4.74 Å². The molecule has 0 spiro atoms. The van der Waals surface area contributed by atoms with Gasteiger partial charge in [0.15, 0.2) is 0 Å². The molecule has 0 aromatic heterocycles. The third-order valence-corrected chi connectivity index (χ3v) is 4.58. The molecule has 6 nitrogen and oxygen atoms in total. The first-order valence-corrected chi connectivity index (χ1v) is 9.51. The number of hydrogen-bond acceptors (Lipinski definition) is 4. The molecule has 2 aromatic rings. The van der Waals surface area contributed by atoms with E-state index in [0.29, 0.717) is 6.54 Å². The summed E-state index contributed by atoms with van der Waals surface area (Å²) < 4.78 is 5.10. The first-order chi connectivity index (χ1) is 13.5. The predicted molar refractivity (Wildman–Crippen MR) is 113 cm³/mol. The number of amides is 2. The number of aryl methyl sites for hydroxylation is 1. The van der Waals surface area contributed by atoms with Crippen molar-refractivity contribution >= 4 is 23.2 Å². The van der Waals surface area contributed by atoms with Gasteiger partial charge >= 0.3 is 0 Å². The highest BCUT2D eigenvalue weighted by Crippen LogP contribution is 2.22. The zero-order valence-electron chi connectivity index (χ0n) is 17.0. The van der Waals surface area contributed by atoms with Gasteiger partial charge in [-0.3, -0.25) is 9.59 Å². The Morgan fingerprint density at radius 2 is 1.68 bits per heavy atom. The zero-order chi connectivity index (χ0) is 20.5. The molecule has 0 saturated heterocycles. The number of methoxy groups -OCH3 is 1. The third-order valence-electron chi connectivity index (χ3n) is 4.58. The standard InChI is InChI=1S/C22H29N3O3/c1-5-25(6-2)18-9-12-20(16(3)13-18)24-22(27)14-21(26)23-15-17-7-10-19(28-4)11-8-17/h7-13H,5-6,14-15H2,1-4H3,(H,23,26)(H,24,27). The Balaban J connectivity index is 1.86. The van der Waals surface area contributed by atoms with Gasteiger partial charge in [-0.25, -0.2) is 0 Å². The third kappa shape index (κ3) is 6.01. The quantitative estimate of drug-likeness (QED) is 0.650. The summed E-state index contributed by atoms with van der Waals surface area (Å²) in [6, 6.07) is 13.3. The molecule has 2 amide bonds. The van der Waals surface area contributed by atoms with Gasteiger partial charge in [0.2, 0.25) is 11.8 Å². The average molecular weight is 383 g/mol. The minimum atomic E-state index is -0.328. The Hall–Kier alpha value is -3.02. The highest BCUT2D eigenvalue weighted by molar-refractivity contribution is 6.03. The number of carbonyl (C=O) groups excluding carboxylic acids is 2. The van der Waals surface area contributed by atoms with E-state index in [-0.39, 0.29) is 18.2 Å². The van der Waals surface area contributed by atoms with Crippen molar-refractivity contribution in [3.63, 3.8) is 0 Å². The molecule has 0 heterocycles. The first kappa shape index (κ1) is 21.3. The molecule has 0 saturated carbocycles. The fraction of sp³-hybridized carbons (Fsp3) is 0.364. The summed E-state index contributed by atoms with van der Waals surface area (Å²) in [6.07, 6.45) is -0.215. The van der Waals surface area contributed by atoms with Crippen molar-refractivity contribution in [2.24, 2.45) is 0 Å². The van der Waals surface area contributed by atoms with Crippen LogP contribution < -0.4 is 20.3 Å². The lowest BCUT2D eigenvalue weighted by molar-refractivity contribution is -0.126. The van der Waals surface area contributed by atoms with E-state index in [1.807, 2.05) is 49.4 Å². The van der Waals surface area contributed by atoms with E-state index in [0.717, 1.165) is 41.3 Å². The predicted octanol–water partition coefficient (Wildman–Crippen LogP) is 3.49. The lowest BCUT2D eigenvalue weighted by Crippen LogP contribution is -2.28. The maximum Gasteiger partial charge on any atom is 0.233 e. The number of ether oxygens (including phenoxy) is 1. The second kappa shape index (κ2) is 10.3. The molecule has 0 unspecified atom stereocenters. The molecule has 2 N–H and O–H groups in total. The fourth-order valence-corrected chi connectivity index (χ4v) is 2.92. The lowest BCUT2D eigenvalue weighted by atomic mass is 10.1. The Kier molecular flexibility index (Phi) is 7.87. The van der Waals surface area contributed by atoms with Crippen molar-refractivity contribution in [2.45, 2.75) is 33.7 Å². The van der Waals surface area contributed by atoms with Gasteiger partial charge in [0.05, 0.1) is 7.11 Å². The van der Waals surface area contributed by atoms with E-state index in [1.54, 1.807) is 7.11 Å². The van der Waals surface area contributed by atoms with E-state index in [1.165, 1.54) is 0 Å². The largest absolute Gasteiger partial charge is 0.497 e. The zero-order valence-corrected chi connectivity index (χ0v) is 17.0. The van der Waals surface area contributed by atoms with Crippen LogP contribution in [0, 0.1) is 6.92 Å². The van der Waals surface area contributed by atoms with Gasteiger partial charge < -0.3 is 20.3 Å². The molecule has 0 radical (unpaired) electrons. The molecular weight excluding hydrogens is 354 g/mol. The molecular formula is C22H29N3O3. The molecule has 0 aliphatic carbocycles. The molecule has 0 aliphatic heterocycles. The molecule has 2 aromatic carbocycles. The van der Waals surface area contributed by atoms with Gasteiger partial charge in [-0.15, -0.1) is 0 Å². The van der Waals surface area contributed by atoms with Crippen molar-refractivity contribution in [1.29, 1.82) is 0 Å². The van der Waals surface area contributed by atoms with E-state index in [9.17, 15) is 9.59 Å². The van der Waals surface area contributed by atoms with E-state index >= 15 is 0 Å². The van der Waals surface area contributed by atoms with E-state index in [2.05, 4.69) is 29.4 Å². The molecule has 0 aliphatic rings. The second-order valence-electron chi connectivity index (χ2n) is 6.52. The fourth-order valence-electron chi connectivity index (χ4n) is 2.92. The Labute approximate surface area is 166 Å². The number of carbonyl (C=O) groups is 2. The van der Waals surface area contributed by atoms with Crippen LogP contribution in [0.4, 0.5) is 11.4 Å². The minimum absolute atomic E-state index is 0.215. The van der Waals surface area contributed by atoms with Gasteiger partial charge in [-0.05, 0) is 62.2 Å². The number of rotatable bonds is 9. The molecule has 2 rings (SSSR count). The van der Waals surface area contributed by atoms with Crippen molar-refractivity contribution in [3.05, 3.63) is 53.6 Å². The monoisotopic (exact) mass is 383 g/mol. The molecule has 0 fully saturated rings. The van der Waals surface area contributed by atoms with Crippen molar-refractivity contribution < 1.29 is 14.3 Å². The smallest absolute Gasteiger partial charge is 0.233 e. The Morgan fingerprint density at radius 1 is 1.00 bits per heavy atom. The normalized spacial score (nSPS) is 10.3. The molecule has 6 heteroatoms. The maximum atomic E-state index is 12.2. The number of hydrogen-bond donors (Lipinski definition) is 2. The summed E-state index contributed by atoms with van der Waals surface area (Å²) in [6.45, 7) is 8.39. The summed E-state index contributed by atoms with van der Waals surface area (Å²) in [7, 11) is 1.61. The van der Waals surface area contributed by atoms with Crippen LogP contribution in [0.3, 0.4) is 0 Å². The highest BCUT2D eigenvalue weighted by atomic mass is 16.5. The molecule has 28 heavy (non-hydrogen) atoms. The Bertz CT molecular complexity index is 799. The highest BCUT2D eigenvalue weighted by Gasteiger charge is 2.12. The molecule has 0 atom stereocenters. The number of nitrogens with zero attached hydrogens (tertiary/aromatic N) is 1. The summed E-state index contributed by atoms with van der Waals surface area (Å²) in [5, 5.41) is 5.58. The maximum absolute atomic E-state index is 12.2. The minimum Gasteiger partial charge on any atom is -0.497 e. The summed E-state index contributed by atoms with van der Waals surface area (Å²) in [4.78, 5) is 26.5. The van der Waals surface area contributed by atoms with E-state index < -0.39 is 0 Å². The van der Waals surface area contributed by atoms with Crippen molar-refractivity contribution in [2.75, 3.05) is 30.4 Å². The van der Waals surface area contributed by atoms with Crippen LogP contribution in [0.15, 0.2) is 42.5 Å². The first-order valence-electron chi connectivity index (χ1n) is 9.51. The summed E-state index contributed by atoms with van der Waals surface area (Å²) >= 11 is 0. The lowest BCUT2D eigenvalue weighted by Gasteiger charge is -2.22. The molecule has 150 valence electrons. The number of nitrogens with one attached hydrogen (secondary N) is 2. The van der Waals surface area contributed by atoms with Crippen LogP contribution in [0.2, 0.25) is 0 Å². The summed E-state index contributed by atoms with van der Waals surface area (Å²) in [5.74, 6) is 0.119. The van der Waals surface area contributed by atoms with Crippen LogP contribution in [0.5, 0.6) is 5.75 Å². The average Bonchev–Trinajstić information content (AvgIpc) is 2.69. The number of anilines is 2. The van der Waals surface area contributed by atoms with Crippen molar-refractivity contribution in [3.8, 4) is 5.75 Å². The Morgan fingerprint density at radius 3 is 2.25 bits per heavy atom. The van der Waals surface area contributed by atoms with Crippen LogP contribution in [0.1, 0.15) is 31.4 Å². The second-order valence-corrected chi connectivity index (χ2v) is 6.52.